The third-order valence-corrected chi connectivity index (χ3v) is 4.74. The summed E-state index contributed by atoms with van der Waals surface area (Å²) in [6, 6.07) is -0.134. The summed E-state index contributed by atoms with van der Waals surface area (Å²) in [5.74, 6) is 0. The van der Waals surface area contributed by atoms with Gasteiger partial charge in [0.25, 0.3) is 10.2 Å². The third-order valence-electron chi connectivity index (χ3n) is 3.07. The molecule has 1 amide bonds. The number of hydrogen-bond donors (Lipinski definition) is 1. The summed E-state index contributed by atoms with van der Waals surface area (Å²) in [6.07, 6.45) is 0.411. The first-order chi connectivity index (χ1) is 8.69. The highest BCUT2D eigenvalue weighted by Gasteiger charge is 2.42. The van der Waals surface area contributed by atoms with Crippen LogP contribution in [0.3, 0.4) is 0 Å². The average Bonchev–Trinajstić information content (AvgIpc) is 2.15. The summed E-state index contributed by atoms with van der Waals surface area (Å²) in [7, 11) is -3.36. The van der Waals surface area contributed by atoms with Gasteiger partial charge in [0, 0.05) is 26.2 Å². The van der Waals surface area contributed by atoms with Gasteiger partial charge in [-0.2, -0.15) is 12.7 Å². The van der Waals surface area contributed by atoms with Gasteiger partial charge in [-0.05, 0) is 27.2 Å². The summed E-state index contributed by atoms with van der Waals surface area (Å²) in [4.78, 5) is 13.3. The predicted octanol–water partition coefficient (Wildman–Crippen LogP) is 0.146. The fraction of sp³-hybridized carbons (Fsp3) is 0.909. The van der Waals surface area contributed by atoms with Crippen molar-refractivity contribution < 1.29 is 17.9 Å². The first-order valence-corrected chi connectivity index (χ1v) is 7.87. The zero-order chi connectivity index (χ0) is 14.3. The van der Waals surface area contributed by atoms with E-state index in [-0.39, 0.29) is 12.1 Å². The van der Waals surface area contributed by atoms with Crippen molar-refractivity contribution in [3.8, 4) is 0 Å². The third kappa shape index (κ3) is 3.37. The Morgan fingerprint density at radius 1 is 1.32 bits per heavy atom. The number of nitrogens with one attached hydrogen (secondary N) is 1. The Morgan fingerprint density at radius 2 is 1.95 bits per heavy atom. The fourth-order valence-electron chi connectivity index (χ4n) is 2.13. The maximum atomic E-state index is 11.8. The van der Waals surface area contributed by atoms with Gasteiger partial charge in [0.2, 0.25) is 0 Å². The summed E-state index contributed by atoms with van der Waals surface area (Å²) in [5, 5.41) is 0. The van der Waals surface area contributed by atoms with Crippen molar-refractivity contribution in [2.75, 3.05) is 26.2 Å². The van der Waals surface area contributed by atoms with Gasteiger partial charge in [-0.3, -0.25) is 0 Å². The second kappa shape index (κ2) is 4.92. The monoisotopic (exact) mass is 291 g/mol. The van der Waals surface area contributed by atoms with E-state index in [1.54, 1.807) is 20.8 Å². The van der Waals surface area contributed by atoms with Crippen molar-refractivity contribution >= 4 is 16.3 Å². The minimum atomic E-state index is -3.36. The molecule has 110 valence electrons. The predicted molar refractivity (Wildman–Crippen MR) is 69.8 cm³/mol. The molecule has 7 nitrogen and oxygen atoms in total. The van der Waals surface area contributed by atoms with Crippen LogP contribution in [0.4, 0.5) is 4.79 Å². The van der Waals surface area contributed by atoms with Crippen LogP contribution in [0.2, 0.25) is 0 Å². The molecule has 2 saturated heterocycles. The Balaban J connectivity index is 1.88. The van der Waals surface area contributed by atoms with E-state index in [1.807, 2.05) is 0 Å². The molecular formula is C11H21N3O4S. The highest BCUT2D eigenvalue weighted by Crippen LogP contribution is 2.22. The van der Waals surface area contributed by atoms with Gasteiger partial charge in [-0.25, -0.2) is 9.52 Å². The molecule has 2 aliphatic rings. The van der Waals surface area contributed by atoms with Crippen LogP contribution in [0.25, 0.3) is 0 Å². The normalized spacial score (nSPS) is 24.9. The second-order valence-corrected chi connectivity index (χ2v) is 7.61. The summed E-state index contributed by atoms with van der Waals surface area (Å²) in [6.45, 7) is 7.22. The number of nitrogens with zero attached hydrogens (tertiary/aromatic N) is 2. The Kier molecular flexibility index (Phi) is 3.76. The van der Waals surface area contributed by atoms with Crippen molar-refractivity contribution in [3.05, 3.63) is 0 Å². The molecule has 2 aliphatic heterocycles. The molecular weight excluding hydrogens is 270 g/mol. The molecule has 2 fully saturated rings. The minimum absolute atomic E-state index is 0.134. The first-order valence-electron chi connectivity index (χ1n) is 6.43. The smallest absolute Gasteiger partial charge is 0.410 e. The van der Waals surface area contributed by atoms with E-state index in [0.29, 0.717) is 26.2 Å². The lowest BCUT2D eigenvalue weighted by Gasteiger charge is -2.45. The Hall–Kier alpha value is -0.860. The van der Waals surface area contributed by atoms with E-state index in [1.165, 1.54) is 9.21 Å². The molecule has 8 heteroatoms. The lowest BCUT2D eigenvalue weighted by molar-refractivity contribution is -0.00407. The molecule has 0 unspecified atom stereocenters. The van der Waals surface area contributed by atoms with E-state index in [4.69, 9.17) is 4.74 Å². The van der Waals surface area contributed by atoms with E-state index < -0.39 is 15.8 Å². The van der Waals surface area contributed by atoms with E-state index in [2.05, 4.69) is 4.72 Å². The maximum Gasteiger partial charge on any atom is 0.410 e. The van der Waals surface area contributed by atoms with Crippen LogP contribution in [-0.4, -0.2) is 61.5 Å². The summed E-state index contributed by atoms with van der Waals surface area (Å²) < 4.78 is 32.8. The average molecular weight is 291 g/mol. The molecule has 0 aromatic heterocycles. The molecule has 0 aromatic rings. The molecule has 1 N–H and O–H groups in total. The van der Waals surface area contributed by atoms with Gasteiger partial charge in [0.15, 0.2) is 0 Å². The first kappa shape index (κ1) is 14.5. The van der Waals surface area contributed by atoms with Gasteiger partial charge in [-0.1, -0.05) is 0 Å². The zero-order valence-electron chi connectivity index (χ0n) is 11.5. The zero-order valence-corrected chi connectivity index (χ0v) is 12.4. The van der Waals surface area contributed by atoms with Gasteiger partial charge in [0.1, 0.15) is 5.60 Å². The largest absolute Gasteiger partial charge is 0.444 e. The number of carbonyl (C=O) groups excluding carboxylic acids is 1. The number of likely N-dealkylation sites (tertiary alicyclic amines) is 1. The van der Waals surface area contributed by atoms with Crippen molar-refractivity contribution in [3.63, 3.8) is 0 Å². The second-order valence-electron chi connectivity index (χ2n) is 5.90. The quantitative estimate of drug-likeness (QED) is 0.745. The van der Waals surface area contributed by atoms with Crippen molar-refractivity contribution in [1.29, 1.82) is 0 Å². The SMILES string of the molecule is CC(C)(C)OC(=O)N1CC(N2CCCNS2(=O)=O)C1. The topological polar surface area (TPSA) is 79.0 Å². The highest BCUT2D eigenvalue weighted by atomic mass is 32.2. The Labute approximate surface area is 114 Å². The van der Waals surface area contributed by atoms with Gasteiger partial charge in [0.05, 0.1) is 6.04 Å². The maximum absolute atomic E-state index is 11.8. The van der Waals surface area contributed by atoms with Crippen LogP contribution in [-0.2, 0) is 14.9 Å². The molecule has 0 aromatic carbocycles. The fourth-order valence-corrected chi connectivity index (χ4v) is 3.59. The number of hydrogen-bond acceptors (Lipinski definition) is 4. The van der Waals surface area contributed by atoms with Crippen LogP contribution < -0.4 is 4.72 Å². The molecule has 0 saturated carbocycles. The molecule has 0 atom stereocenters. The number of rotatable bonds is 1. The number of ether oxygens (including phenoxy) is 1. The van der Waals surface area contributed by atoms with Crippen LogP contribution in [0, 0.1) is 0 Å². The number of amides is 1. The van der Waals surface area contributed by atoms with Crippen LogP contribution in [0.1, 0.15) is 27.2 Å². The molecule has 2 heterocycles. The van der Waals surface area contributed by atoms with E-state index in [0.717, 1.165) is 6.42 Å². The summed E-state index contributed by atoms with van der Waals surface area (Å²) >= 11 is 0. The van der Waals surface area contributed by atoms with Crippen LogP contribution >= 0.6 is 0 Å². The van der Waals surface area contributed by atoms with E-state index in [9.17, 15) is 13.2 Å². The highest BCUT2D eigenvalue weighted by molar-refractivity contribution is 7.87. The van der Waals surface area contributed by atoms with Crippen molar-refractivity contribution in [1.82, 2.24) is 13.9 Å². The molecule has 0 aliphatic carbocycles. The molecule has 0 bridgehead atoms. The van der Waals surface area contributed by atoms with Gasteiger partial charge in [-0.15, -0.1) is 0 Å². The Bertz CT molecular complexity index is 451. The molecule has 0 radical (unpaired) electrons. The molecule has 19 heavy (non-hydrogen) atoms. The minimum Gasteiger partial charge on any atom is -0.444 e. The molecule has 2 rings (SSSR count). The van der Waals surface area contributed by atoms with Crippen molar-refractivity contribution in [2.45, 2.75) is 38.8 Å². The number of carbonyl (C=O) groups is 1. The van der Waals surface area contributed by atoms with Crippen LogP contribution in [0.5, 0.6) is 0 Å². The lowest BCUT2D eigenvalue weighted by Crippen LogP contribution is -2.65. The summed E-state index contributed by atoms with van der Waals surface area (Å²) in [5.41, 5.74) is -0.527. The Morgan fingerprint density at radius 3 is 2.47 bits per heavy atom. The van der Waals surface area contributed by atoms with Crippen LogP contribution in [0.15, 0.2) is 0 Å². The standard InChI is InChI=1S/C11H21N3O4S/c1-11(2,3)18-10(15)13-7-9(8-13)14-6-4-5-12-19(14,16)17/h9,12H,4-8H2,1-3H3. The van der Waals surface area contributed by atoms with Gasteiger partial charge >= 0.3 is 6.09 Å². The van der Waals surface area contributed by atoms with Gasteiger partial charge < -0.3 is 9.64 Å². The van der Waals surface area contributed by atoms with E-state index >= 15 is 0 Å². The lowest BCUT2D eigenvalue weighted by atomic mass is 10.1. The molecule has 0 spiro atoms. The van der Waals surface area contributed by atoms with Crippen molar-refractivity contribution in [2.24, 2.45) is 0 Å².